The molecule has 0 spiro atoms. The predicted molar refractivity (Wildman–Crippen MR) is 78.2 cm³/mol. The number of amides is 1. The summed E-state index contributed by atoms with van der Waals surface area (Å²) >= 11 is 1.84. The van der Waals surface area contributed by atoms with E-state index in [1.54, 1.807) is 17.3 Å². The van der Waals surface area contributed by atoms with E-state index in [0.29, 0.717) is 0 Å². The van der Waals surface area contributed by atoms with Crippen LogP contribution in [0.5, 0.6) is 0 Å². The van der Waals surface area contributed by atoms with E-state index in [4.69, 9.17) is 5.73 Å². The second-order valence-corrected chi connectivity index (χ2v) is 6.25. The first-order chi connectivity index (χ1) is 9.11. The number of aliphatic hydroxyl groups excluding tert-OH is 1. The summed E-state index contributed by atoms with van der Waals surface area (Å²) in [5, 5.41) is 10.3. The summed E-state index contributed by atoms with van der Waals surface area (Å²) in [5.74, 6) is 1.70. The fraction of sp³-hybridized carbons (Fsp3) is 0.692. The van der Waals surface area contributed by atoms with Crippen molar-refractivity contribution in [3.8, 4) is 0 Å². The zero-order valence-corrected chi connectivity index (χ0v) is 11.9. The Kier molecular flexibility index (Phi) is 5.01. The van der Waals surface area contributed by atoms with Gasteiger partial charge in [-0.05, 0) is 0 Å². The van der Waals surface area contributed by atoms with Gasteiger partial charge < -0.3 is 15.7 Å². The highest BCUT2D eigenvalue weighted by atomic mass is 32.2. The molecular weight excluding hydrogens is 262 g/mol. The lowest BCUT2D eigenvalue weighted by atomic mass is 9.85. The third-order valence-electron chi connectivity index (χ3n) is 3.69. The molecule has 5 nitrogen and oxygen atoms in total. The van der Waals surface area contributed by atoms with Crippen molar-refractivity contribution in [2.75, 3.05) is 24.6 Å². The SMILES string of the molecule is CC1C=NC=CC1[C@H](O)[C@@H](N)C(=O)N1CCSCC1. The Bertz CT molecular complexity index is 380. The number of carbonyl (C=O) groups excluding carboxylic acids is 1. The molecule has 2 unspecified atom stereocenters. The molecule has 1 saturated heterocycles. The molecule has 0 bridgehead atoms. The van der Waals surface area contributed by atoms with Crippen molar-refractivity contribution in [1.29, 1.82) is 0 Å². The highest BCUT2D eigenvalue weighted by molar-refractivity contribution is 7.99. The lowest BCUT2D eigenvalue weighted by molar-refractivity contribution is -0.135. The minimum Gasteiger partial charge on any atom is -0.390 e. The second kappa shape index (κ2) is 6.54. The first-order valence-corrected chi connectivity index (χ1v) is 7.77. The largest absolute Gasteiger partial charge is 0.390 e. The van der Waals surface area contributed by atoms with Gasteiger partial charge in [0.05, 0.1) is 6.10 Å². The normalized spacial score (nSPS) is 30.2. The van der Waals surface area contributed by atoms with Gasteiger partial charge in [0.25, 0.3) is 0 Å². The first kappa shape index (κ1) is 14.6. The molecule has 0 aliphatic carbocycles. The predicted octanol–water partition coefficient (Wildman–Crippen LogP) is 0.100. The van der Waals surface area contributed by atoms with Crippen molar-refractivity contribution >= 4 is 23.9 Å². The number of nitrogens with two attached hydrogens (primary N) is 1. The van der Waals surface area contributed by atoms with Gasteiger partial charge in [-0.1, -0.05) is 13.0 Å². The Hall–Kier alpha value is -0.850. The Morgan fingerprint density at radius 3 is 2.84 bits per heavy atom. The van der Waals surface area contributed by atoms with E-state index in [-0.39, 0.29) is 17.7 Å². The molecule has 19 heavy (non-hydrogen) atoms. The van der Waals surface area contributed by atoms with Gasteiger partial charge in [0, 0.05) is 48.8 Å². The van der Waals surface area contributed by atoms with Crippen molar-refractivity contribution in [2.45, 2.75) is 19.1 Å². The zero-order valence-electron chi connectivity index (χ0n) is 11.1. The molecule has 1 fully saturated rings. The van der Waals surface area contributed by atoms with E-state index in [9.17, 15) is 9.90 Å². The van der Waals surface area contributed by atoms with Crippen LogP contribution in [0.2, 0.25) is 0 Å². The number of hydrogen-bond donors (Lipinski definition) is 2. The maximum atomic E-state index is 12.3. The molecule has 106 valence electrons. The van der Waals surface area contributed by atoms with Crippen LogP contribution in [0.25, 0.3) is 0 Å². The van der Waals surface area contributed by atoms with Crippen LogP contribution in [0.15, 0.2) is 17.3 Å². The molecule has 4 atom stereocenters. The molecule has 3 N–H and O–H groups in total. The van der Waals surface area contributed by atoms with Crippen LogP contribution >= 0.6 is 11.8 Å². The summed E-state index contributed by atoms with van der Waals surface area (Å²) < 4.78 is 0. The average molecular weight is 283 g/mol. The van der Waals surface area contributed by atoms with E-state index in [0.717, 1.165) is 24.6 Å². The third-order valence-corrected chi connectivity index (χ3v) is 4.64. The minimum atomic E-state index is -0.861. The van der Waals surface area contributed by atoms with Crippen LogP contribution in [0.3, 0.4) is 0 Å². The Morgan fingerprint density at radius 2 is 2.21 bits per heavy atom. The van der Waals surface area contributed by atoms with Crippen molar-refractivity contribution in [2.24, 2.45) is 22.6 Å². The summed E-state index contributed by atoms with van der Waals surface area (Å²) in [6.07, 6.45) is 4.40. The summed E-state index contributed by atoms with van der Waals surface area (Å²) in [6.45, 7) is 3.42. The quantitative estimate of drug-likeness (QED) is 0.770. The fourth-order valence-corrected chi connectivity index (χ4v) is 3.32. The number of carbonyl (C=O) groups is 1. The van der Waals surface area contributed by atoms with E-state index >= 15 is 0 Å². The van der Waals surface area contributed by atoms with Gasteiger partial charge in [-0.3, -0.25) is 9.79 Å². The minimum absolute atomic E-state index is 0.0933. The van der Waals surface area contributed by atoms with Crippen LogP contribution < -0.4 is 5.73 Å². The topological polar surface area (TPSA) is 78.9 Å². The molecule has 6 heteroatoms. The summed E-state index contributed by atoms with van der Waals surface area (Å²) in [7, 11) is 0. The van der Waals surface area contributed by atoms with Gasteiger partial charge in [0.1, 0.15) is 6.04 Å². The smallest absolute Gasteiger partial charge is 0.242 e. The van der Waals surface area contributed by atoms with E-state index in [2.05, 4.69) is 4.99 Å². The number of nitrogens with zero attached hydrogens (tertiary/aromatic N) is 2. The molecule has 2 heterocycles. The second-order valence-electron chi connectivity index (χ2n) is 5.03. The summed E-state index contributed by atoms with van der Waals surface area (Å²) in [5.41, 5.74) is 5.96. The lowest BCUT2D eigenvalue weighted by Crippen LogP contribution is -2.54. The number of hydrogen-bond acceptors (Lipinski definition) is 5. The van der Waals surface area contributed by atoms with Gasteiger partial charge in [0.2, 0.25) is 5.91 Å². The van der Waals surface area contributed by atoms with Gasteiger partial charge in [-0.15, -0.1) is 0 Å². The number of thioether (sulfide) groups is 1. The fourth-order valence-electron chi connectivity index (χ4n) is 2.41. The molecule has 2 aliphatic heterocycles. The van der Waals surface area contributed by atoms with Crippen molar-refractivity contribution in [3.05, 3.63) is 12.3 Å². The molecule has 0 radical (unpaired) electrons. The van der Waals surface area contributed by atoms with Gasteiger partial charge >= 0.3 is 0 Å². The van der Waals surface area contributed by atoms with Crippen LogP contribution in [-0.4, -0.2) is 58.9 Å². The molecular formula is C13H21N3O2S. The molecule has 1 amide bonds. The van der Waals surface area contributed by atoms with Crippen molar-refractivity contribution in [3.63, 3.8) is 0 Å². The molecule has 0 aromatic heterocycles. The summed E-state index contributed by atoms with van der Waals surface area (Å²) in [6, 6.07) is -0.855. The molecule has 0 saturated carbocycles. The van der Waals surface area contributed by atoms with Crippen LogP contribution in [0.4, 0.5) is 0 Å². The Balaban J connectivity index is 1.97. The molecule has 2 rings (SSSR count). The monoisotopic (exact) mass is 283 g/mol. The lowest BCUT2D eigenvalue weighted by Gasteiger charge is -2.33. The maximum absolute atomic E-state index is 12.3. The Morgan fingerprint density at radius 1 is 1.53 bits per heavy atom. The molecule has 0 aromatic carbocycles. The van der Waals surface area contributed by atoms with Gasteiger partial charge in [-0.2, -0.15) is 11.8 Å². The van der Waals surface area contributed by atoms with Crippen molar-refractivity contribution < 1.29 is 9.90 Å². The van der Waals surface area contributed by atoms with E-state index in [1.807, 2.05) is 24.8 Å². The molecule has 2 aliphatic rings. The Labute approximate surface area is 117 Å². The van der Waals surface area contributed by atoms with Gasteiger partial charge in [-0.25, -0.2) is 0 Å². The summed E-state index contributed by atoms with van der Waals surface area (Å²) in [4.78, 5) is 18.1. The van der Waals surface area contributed by atoms with Gasteiger partial charge in [0.15, 0.2) is 0 Å². The first-order valence-electron chi connectivity index (χ1n) is 6.61. The number of aliphatic hydroxyl groups is 1. The third kappa shape index (κ3) is 3.38. The number of aliphatic imine (C=N–C) groups is 1. The average Bonchev–Trinajstić information content (AvgIpc) is 2.46. The zero-order chi connectivity index (χ0) is 13.8. The van der Waals surface area contributed by atoms with Crippen LogP contribution in [0.1, 0.15) is 6.92 Å². The van der Waals surface area contributed by atoms with E-state index in [1.165, 1.54) is 0 Å². The van der Waals surface area contributed by atoms with Crippen LogP contribution in [-0.2, 0) is 4.79 Å². The highest BCUT2D eigenvalue weighted by Gasteiger charge is 2.34. The van der Waals surface area contributed by atoms with Crippen LogP contribution in [0, 0.1) is 11.8 Å². The van der Waals surface area contributed by atoms with E-state index < -0.39 is 12.1 Å². The standard InChI is InChI=1S/C13H21N3O2S/c1-9-8-15-3-2-10(9)12(17)11(14)13(18)16-4-6-19-7-5-16/h2-3,8-12,17H,4-7,14H2,1H3/t9?,10?,11-,12+/m1/s1. The number of rotatable bonds is 3. The van der Waals surface area contributed by atoms with Crippen molar-refractivity contribution in [1.82, 2.24) is 4.90 Å². The maximum Gasteiger partial charge on any atom is 0.242 e. The highest BCUT2D eigenvalue weighted by Crippen LogP contribution is 2.22. The molecule has 0 aromatic rings.